The first-order valence-corrected chi connectivity index (χ1v) is 5.56. The summed E-state index contributed by atoms with van der Waals surface area (Å²) >= 11 is 0. The summed E-state index contributed by atoms with van der Waals surface area (Å²) < 4.78 is 0. The van der Waals surface area contributed by atoms with Crippen molar-refractivity contribution < 1.29 is 14.7 Å². The Bertz CT molecular complexity index is 302. The standard InChI is InChI=1S/C11H20N2O3/c1-8-6-5-7-13(8)10(16)12(4)11(2,3)9(14)15/h8H,5-7H2,1-4H3,(H,14,15). The number of rotatable bonds is 2. The molecule has 0 spiro atoms. The summed E-state index contributed by atoms with van der Waals surface area (Å²) in [5, 5.41) is 9.06. The third-order valence-corrected chi connectivity index (χ3v) is 3.45. The van der Waals surface area contributed by atoms with Crippen LogP contribution < -0.4 is 0 Å². The average molecular weight is 228 g/mol. The van der Waals surface area contributed by atoms with Crippen LogP contribution in [0.25, 0.3) is 0 Å². The number of carbonyl (C=O) groups is 2. The van der Waals surface area contributed by atoms with Crippen molar-refractivity contribution in [1.29, 1.82) is 0 Å². The number of likely N-dealkylation sites (tertiary alicyclic amines) is 1. The predicted molar refractivity (Wildman–Crippen MR) is 60.3 cm³/mol. The predicted octanol–water partition coefficient (Wildman–Crippen LogP) is 1.39. The second-order valence-corrected chi connectivity index (χ2v) is 4.89. The number of amides is 2. The Balaban J connectivity index is 2.78. The van der Waals surface area contributed by atoms with Crippen molar-refractivity contribution in [2.75, 3.05) is 13.6 Å². The van der Waals surface area contributed by atoms with Gasteiger partial charge in [-0.25, -0.2) is 9.59 Å². The molecule has 0 aromatic rings. The summed E-state index contributed by atoms with van der Waals surface area (Å²) in [7, 11) is 1.54. The number of hydrogen-bond acceptors (Lipinski definition) is 2. The SMILES string of the molecule is CC1CCCN1C(=O)N(C)C(C)(C)C(=O)O. The fraction of sp³-hybridized carbons (Fsp3) is 0.818. The van der Waals surface area contributed by atoms with Crippen LogP contribution in [-0.2, 0) is 4.79 Å². The zero-order valence-corrected chi connectivity index (χ0v) is 10.4. The zero-order chi connectivity index (χ0) is 12.5. The maximum absolute atomic E-state index is 12.1. The fourth-order valence-corrected chi connectivity index (χ4v) is 1.79. The van der Waals surface area contributed by atoms with Gasteiger partial charge in [0, 0.05) is 19.6 Å². The summed E-state index contributed by atoms with van der Waals surface area (Å²) in [6, 6.07) is 0.0111. The Morgan fingerprint density at radius 3 is 2.38 bits per heavy atom. The Labute approximate surface area is 96.0 Å². The molecule has 1 unspecified atom stereocenters. The molecule has 92 valence electrons. The molecule has 2 amide bonds. The fourth-order valence-electron chi connectivity index (χ4n) is 1.79. The summed E-state index contributed by atoms with van der Waals surface area (Å²) in [4.78, 5) is 26.2. The molecule has 0 saturated carbocycles. The molecule has 1 aliphatic heterocycles. The Morgan fingerprint density at radius 2 is 2.00 bits per heavy atom. The van der Waals surface area contributed by atoms with E-state index in [1.165, 1.54) is 18.7 Å². The minimum Gasteiger partial charge on any atom is -0.480 e. The van der Waals surface area contributed by atoms with Crippen LogP contribution in [0.5, 0.6) is 0 Å². The van der Waals surface area contributed by atoms with Crippen molar-refractivity contribution in [3.05, 3.63) is 0 Å². The van der Waals surface area contributed by atoms with Crippen LogP contribution >= 0.6 is 0 Å². The second-order valence-electron chi connectivity index (χ2n) is 4.89. The third kappa shape index (κ3) is 2.13. The number of aliphatic carboxylic acids is 1. The van der Waals surface area contributed by atoms with Gasteiger partial charge >= 0.3 is 12.0 Å². The highest BCUT2D eigenvalue weighted by Gasteiger charge is 2.39. The van der Waals surface area contributed by atoms with Crippen molar-refractivity contribution in [3.8, 4) is 0 Å². The van der Waals surface area contributed by atoms with Crippen LogP contribution in [0, 0.1) is 0 Å². The molecular formula is C11H20N2O3. The minimum atomic E-state index is -1.17. The molecule has 5 heteroatoms. The van der Waals surface area contributed by atoms with E-state index < -0.39 is 11.5 Å². The minimum absolute atomic E-state index is 0.197. The molecule has 16 heavy (non-hydrogen) atoms. The van der Waals surface area contributed by atoms with Crippen LogP contribution in [0.4, 0.5) is 4.79 Å². The van der Waals surface area contributed by atoms with Gasteiger partial charge in [-0.2, -0.15) is 0 Å². The van der Waals surface area contributed by atoms with E-state index in [0.29, 0.717) is 0 Å². The molecule has 1 saturated heterocycles. The van der Waals surface area contributed by atoms with Crippen molar-refractivity contribution in [3.63, 3.8) is 0 Å². The topological polar surface area (TPSA) is 60.9 Å². The van der Waals surface area contributed by atoms with Gasteiger partial charge in [0.25, 0.3) is 0 Å². The number of nitrogens with zero attached hydrogens (tertiary/aromatic N) is 2. The molecule has 1 N–H and O–H groups in total. The third-order valence-electron chi connectivity index (χ3n) is 3.45. The maximum atomic E-state index is 12.1. The molecule has 1 atom stereocenters. The number of carboxylic acids is 1. The van der Waals surface area contributed by atoms with Crippen molar-refractivity contribution in [1.82, 2.24) is 9.80 Å². The Morgan fingerprint density at radius 1 is 1.44 bits per heavy atom. The largest absolute Gasteiger partial charge is 0.480 e. The lowest BCUT2D eigenvalue weighted by atomic mass is 10.0. The van der Waals surface area contributed by atoms with E-state index in [2.05, 4.69) is 0 Å². The molecule has 1 rings (SSSR count). The van der Waals surface area contributed by atoms with E-state index in [1.807, 2.05) is 6.92 Å². The lowest BCUT2D eigenvalue weighted by molar-refractivity contribution is -0.147. The van der Waals surface area contributed by atoms with E-state index in [4.69, 9.17) is 5.11 Å². The number of carbonyl (C=O) groups excluding carboxylic acids is 1. The van der Waals surface area contributed by atoms with Gasteiger partial charge in [-0.3, -0.25) is 0 Å². The van der Waals surface area contributed by atoms with Crippen LogP contribution in [-0.4, -0.2) is 52.1 Å². The van der Waals surface area contributed by atoms with Crippen LogP contribution in [0.15, 0.2) is 0 Å². The smallest absolute Gasteiger partial charge is 0.329 e. The van der Waals surface area contributed by atoms with Gasteiger partial charge in [0.15, 0.2) is 0 Å². The van der Waals surface area contributed by atoms with E-state index in [-0.39, 0.29) is 12.1 Å². The van der Waals surface area contributed by atoms with Crippen LogP contribution in [0.3, 0.4) is 0 Å². The molecular weight excluding hydrogens is 208 g/mol. The monoisotopic (exact) mass is 228 g/mol. The van der Waals surface area contributed by atoms with E-state index in [9.17, 15) is 9.59 Å². The van der Waals surface area contributed by atoms with Gasteiger partial charge in [0.05, 0.1) is 0 Å². The van der Waals surface area contributed by atoms with Crippen molar-refractivity contribution >= 4 is 12.0 Å². The van der Waals surface area contributed by atoms with E-state index in [1.54, 1.807) is 11.9 Å². The molecule has 0 radical (unpaired) electrons. The first-order chi connectivity index (χ1) is 7.28. The highest BCUT2D eigenvalue weighted by Crippen LogP contribution is 2.21. The summed E-state index contributed by atoms with van der Waals surface area (Å²) in [6.45, 7) is 5.79. The van der Waals surface area contributed by atoms with Gasteiger partial charge in [-0.15, -0.1) is 0 Å². The quantitative estimate of drug-likeness (QED) is 0.776. The summed E-state index contributed by atoms with van der Waals surface area (Å²) in [5.74, 6) is -0.991. The molecule has 1 aliphatic rings. The molecule has 5 nitrogen and oxygen atoms in total. The second kappa shape index (κ2) is 4.31. The van der Waals surface area contributed by atoms with Crippen LogP contribution in [0.2, 0.25) is 0 Å². The molecule has 0 bridgehead atoms. The van der Waals surface area contributed by atoms with Crippen molar-refractivity contribution in [2.45, 2.75) is 45.2 Å². The van der Waals surface area contributed by atoms with Gasteiger partial charge < -0.3 is 14.9 Å². The first kappa shape index (κ1) is 12.8. The molecule has 0 aromatic heterocycles. The van der Waals surface area contributed by atoms with Crippen LogP contribution in [0.1, 0.15) is 33.6 Å². The number of carboxylic acid groups (broad SMARTS) is 1. The Kier molecular flexibility index (Phi) is 3.45. The van der Waals surface area contributed by atoms with Gasteiger partial charge in [-0.05, 0) is 33.6 Å². The number of urea groups is 1. The average Bonchev–Trinajstić information content (AvgIpc) is 2.61. The molecule has 1 fully saturated rings. The lowest BCUT2D eigenvalue weighted by Gasteiger charge is -2.36. The molecule has 1 heterocycles. The van der Waals surface area contributed by atoms with Crippen molar-refractivity contribution in [2.24, 2.45) is 0 Å². The molecule has 0 aliphatic carbocycles. The lowest BCUT2D eigenvalue weighted by Crippen LogP contribution is -2.55. The first-order valence-electron chi connectivity index (χ1n) is 5.56. The zero-order valence-electron chi connectivity index (χ0n) is 10.4. The highest BCUT2D eigenvalue weighted by atomic mass is 16.4. The normalized spacial score (nSPS) is 21.0. The number of likely N-dealkylation sites (N-methyl/N-ethyl adjacent to an activating group) is 1. The highest BCUT2D eigenvalue weighted by molar-refractivity contribution is 5.85. The number of hydrogen-bond donors (Lipinski definition) is 1. The summed E-state index contributed by atoms with van der Waals surface area (Å²) in [5.41, 5.74) is -1.17. The van der Waals surface area contributed by atoms with Gasteiger partial charge in [0.2, 0.25) is 0 Å². The van der Waals surface area contributed by atoms with E-state index >= 15 is 0 Å². The summed E-state index contributed by atoms with van der Waals surface area (Å²) in [6.07, 6.45) is 1.99. The Hall–Kier alpha value is -1.26. The van der Waals surface area contributed by atoms with E-state index in [0.717, 1.165) is 19.4 Å². The van der Waals surface area contributed by atoms with Gasteiger partial charge in [0.1, 0.15) is 5.54 Å². The van der Waals surface area contributed by atoms with Gasteiger partial charge in [-0.1, -0.05) is 0 Å². The molecule has 0 aromatic carbocycles. The maximum Gasteiger partial charge on any atom is 0.329 e.